The zero-order chi connectivity index (χ0) is 23.2. The van der Waals surface area contributed by atoms with Gasteiger partial charge in [0, 0.05) is 5.56 Å². The highest BCUT2D eigenvalue weighted by molar-refractivity contribution is 6.45. The van der Waals surface area contributed by atoms with Gasteiger partial charge in [-0.2, -0.15) is 0 Å². The van der Waals surface area contributed by atoms with E-state index >= 15 is 0 Å². The molecular weight excluding hydrogens is 426 g/mol. The van der Waals surface area contributed by atoms with Gasteiger partial charge in [-0.25, -0.2) is 5.01 Å². The number of hydrogen-bond donors (Lipinski definition) is 1. The molecule has 4 aromatic rings. The third-order valence-corrected chi connectivity index (χ3v) is 6.25. The van der Waals surface area contributed by atoms with Crippen LogP contribution in [-0.4, -0.2) is 17.7 Å². The molecule has 0 radical (unpaired) electrons. The van der Waals surface area contributed by atoms with Gasteiger partial charge in [0.1, 0.15) is 5.57 Å². The number of para-hydroxylation sites is 2. The number of nitrogens with zero attached hydrogens (tertiary/aromatic N) is 2. The van der Waals surface area contributed by atoms with Crippen molar-refractivity contribution in [2.45, 2.75) is 6.54 Å². The van der Waals surface area contributed by atoms with Crippen molar-refractivity contribution in [3.63, 3.8) is 0 Å². The lowest BCUT2D eigenvalue weighted by Gasteiger charge is -2.18. The predicted octanol–water partition coefficient (Wildman–Crippen LogP) is 4.22. The molecule has 1 saturated heterocycles. The Morgan fingerprint density at radius 2 is 1.35 bits per heavy atom. The van der Waals surface area contributed by atoms with Gasteiger partial charge < -0.3 is 4.90 Å². The second-order valence-corrected chi connectivity index (χ2v) is 8.21. The minimum absolute atomic E-state index is 0.136. The Morgan fingerprint density at radius 1 is 0.647 bits per heavy atom. The normalized spacial score (nSPS) is 17.5. The number of fused-ring (bicyclic) bond motifs is 2. The molecule has 0 unspecified atom stereocenters. The van der Waals surface area contributed by atoms with E-state index in [4.69, 9.17) is 0 Å². The van der Waals surface area contributed by atoms with E-state index in [1.807, 2.05) is 60.7 Å². The molecule has 1 N–H and O–H groups in total. The molecule has 1 fully saturated rings. The molecule has 0 atom stereocenters. The minimum atomic E-state index is -0.584. The molecule has 0 spiro atoms. The first-order valence-electron chi connectivity index (χ1n) is 11.0. The van der Waals surface area contributed by atoms with E-state index in [1.54, 1.807) is 41.3 Å². The van der Waals surface area contributed by atoms with Crippen molar-refractivity contribution >= 4 is 45.4 Å². The second-order valence-electron chi connectivity index (χ2n) is 8.21. The lowest BCUT2D eigenvalue weighted by Crippen LogP contribution is -2.35. The third-order valence-electron chi connectivity index (χ3n) is 6.25. The second kappa shape index (κ2) is 7.71. The van der Waals surface area contributed by atoms with Crippen LogP contribution in [0.5, 0.6) is 0 Å². The van der Waals surface area contributed by atoms with Gasteiger partial charge in [-0.15, -0.1) is 0 Å². The maximum Gasteiger partial charge on any atom is 0.283 e. The van der Waals surface area contributed by atoms with Crippen LogP contribution >= 0.6 is 0 Å². The molecule has 0 bridgehead atoms. The van der Waals surface area contributed by atoms with Gasteiger partial charge in [0.25, 0.3) is 17.7 Å². The first kappa shape index (κ1) is 19.9. The van der Waals surface area contributed by atoms with Crippen molar-refractivity contribution in [3.8, 4) is 0 Å². The molecule has 2 aliphatic heterocycles. The molecule has 0 aliphatic carbocycles. The Kier molecular flexibility index (Phi) is 4.52. The fraction of sp³-hybridized carbons (Fsp3) is 0.0357. The maximum absolute atomic E-state index is 13.7. The zero-order valence-electron chi connectivity index (χ0n) is 18.1. The lowest BCUT2D eigenvalue weighted by atomic mass is 10.0. The topological polar surface area (TPSA) is 69.7 Å². The molecule has 164 valence electrons. The molecule has 3 amide bonds. The number of carbonyl (C=O) groups excluding carboxylic acids is 3. The Morgan fingerprint density at radius 3 is 2.21 bits per heavy atom. The van der Waals surface area contributed by atoms with Crippen molar-refractivity contribution in [2.24, 2.45) is 0 Å². The molecule has 34 heavy (non-hydrogen) atoms. The van der Waals surface area contributed by atoms with Gasteiger partial charge in [0.2, 0.25) is 0 Å². The first-order valence-corrected chi connectivity index (χ1v) is 11.0. The number of hydrogen-bond acceptors (Lipinski definition) is 3. The average Bonchev–Trinajstić information content (AvgIpc) is 3.31. The molecular formula is C28H19N3O3. The van der Waals surface area contributed by atoms with E-state index in [2.05, 4.69) is 5.43 Å². The zero-order valence-corrected chi connectivity index (χ0v) is 18.1. The van der Waals surface area contributed by atoms with E-state index in [0.717, 1.165) is 16.3 Å². The summed E-state index contributed by atoms with van der Waals surface area (Å²) in [6, 6.07) is 30.1. The first-order chi connectivity index (χ1) is 16.6. The smallest absolute Gasteiger partial charge is 0.283 e. The van der Waals surface area contributed by atoms with Crippen molar-refractivity contribution in [2.75, 3.05) is 9.91 Å². The van der Waals surface area contributed by atoms with Gasteiger partial charge in [-0.3, -0.25) is 19.8 Å². The van der Waals surface area contributed by atoms with Crippen molar-refractivity contribution in [1.29, 1.82) is 0 Å². The molecule has 0 saturated carbocycles. The Labute approximate surface area is 195 Å². The highest BCUT2D eigenvalue weighted by Gasteiger charge is 2.44. The molecule has 0 aromatic heterocycles. The van der Waals surface area contributed by atoms with Crippen LogP contribution in [0.4, 0.5) is 11.4 Å². The van der Waals surface area contributed by atoms with Crippen LogP contribution in [0.3, 0.4) is 0 Å². The highest BCUT2D eigenvalue weighted by atomic mass is 16.2. The Balaban J connectivity index is 1.45. The summed E-state index contributed by atoms with van der Waals surface area (Å²) in [6.07, 6.45) is 0. The maximum atomic E-state index is 13.7. The molecule has 6 nitrogen and oxygen atoms in total. The van der Waals surface area contributed by atoms with Gasteiger partial charge in [-0.1, -0.05) is 78.9 Å². The number of amides is 3. The Hall–Kier alpha value is -4.71. The quantitative estimate of drug-likeness (QED) is 0.379. The molecule has 6 heteroatoms. The standard InChI is InChI=1S/C28H19N3O3/c32-26-25(28(34)31(29-26)20-12-2-1-3-13-20)24-22-15-6-7-16-23(22)30(27(24)33)17-19-11-8-10-18-9-4-5-14-21(18)19/h1-16H,17H2,(H,29,32)/b25-24+. The predicted molar refractivity (Wildman–Crippen MR) is 131 cm³/mol. The van der Waals surface area contributed by atoms with Crippen LogP contribution in [0.15, 0.2) is 103 Å². The van der Waals surface area contributed by atoms with Crippen LogP contribution in [0.25, 0.3) is 16.3 Å². The molecule has 6 rings (SSSR count). The number of nitrogens with one attached hydrogen (secondary N) is 1. The average molecular weight is 445 g/mol. The minimum Gasteiger partial charge on any atom is -0.303 e. The summed E-state index contributed by atoms with van der Waals surface area (Å²) in [5.41, 5.74) is 5.39. The summed E-state index contributed by atoms with van der Waals surface area (Å²) < 4.78 is 0. The largest absolute Gasteiger partial charge is 0.303 e. The third kappa shape index (κ3) is 3.00. The van der Waals surface area contributed by atoms with Crippen molar-refractivity contribution in [1.82, 2.24) is 5.43 Å². The summed E-state index contributed by atoms with van der Waals surface area (Å²) in [7, 11) is 0. The molecule has 2 heterocycles. The number of anilines is 2. The highest BCUT2D eigenvalue weighted by Crippen LogP contribution is 2.41. The summed E-state index contributed by atoms with van der Waals surface area (Å²) in [5, 5.41) is 3.33. The van der Waals surface area contributed by atoms with E-state index in [-0.39, 0.29) is 17.1 Å². The fourth-order valence-electron chi connectivity index (χ4n) is 4.68. The van der Waals surface area contributed by atoms with Gasteiger partial charge in [0.15, 0.2) is 0 Å². The van der Waals surface area contributed by atoms with Gasteiger partial charge in [-0.05, 0) is 34.5 Å². The van der Waals surface area contributed by atoms with E-state index in [1.165, 1.54) is 5.01 Å². The van der Waals surface area contributed by atoms with E-state index in [9.17, 15) is 14.4 Å². The SMILES string of the molecule is O=C1NN(c2ccccc2)C(=O)/C1=C1/C(=O)N(Cc2cccc3ccccc23)c2ccccc21. The van der Waals surface area contributed by atoms with Crippen molar-refractivity contribution < 1.29 is 14.4 Å². The summed E-state index contributed by atoms with van der Waals surface area (Å²) in [5.74, 6) is -1.48. The number of carbonyl (C=O) groups is 3. The van der Waals surface area contributed by atoms with Crippen LogP contribution < -0.4 is 15.3 Å². The molecule has 4 aromatic carbocycles. The summed E-state index contributed by atoms with van der Waals surface area (Å²) >= 11 is 0. The van der Waals surface area contributed by atoms with E-state index in [0.29, 0.717) is 23.5 Å². The van der Waals surface area contributed by atoms with Crippen molar-refractivity contribution in [3.05, 3.63) is 114 Å². The number of rotatable bonds is 3. The van der Waals surface area contributed by atoms with Crippen LogP contribution in [0.1, 0.15) is 11.1 Å². The van der Waals surface area contributed by atoms with E-state index < -0.39 is 11.8 Å². The summed E-state index contributed by atoms with van der Waals surface area (Å²) in [6.45, 7) is 0.326. The van der Waals surface area contributed by atoms with Gasteiger partial charge in [0.05, 0.1) is 23.5 Å². The summed E-state index contributed by atoms with van der Waals surface area (Å²) in [4.78, 5) is 41.6. The van der Waals surface area contributed by atoms with Crippen LogP contribution in [-0.2, 0) is 20.9 Å². The van der Waals surface area contributed by atoms with Crippen LogP contribution in [0, 0.1) is 0 Å². The monoisotopic (exact) mass is 445 g/mol. The Bertz CT molecular complexity index is 1520. The van der Waals surface area contributed by atoms with Gasteiger partial charge >= 0.3 is 0 Å². The number of hydrazine groups is 1. The fourth-order valence-corrected chi connectivity index (χ4v) is 4.68. The molecule has 2 aliphatic rings. The number of benzene rings is 4. The van der Waals surface area contributed by atoms with Crippen LogP contribution in [0.2, 0.25) is 0 Å². The lowest BCUT2D eigenvalue weighted by molar-refractivity contribution is -0.118.